The standard InChI is InChI=1S/C15H28N4/c1-12-9-15(19(2)18-12)11-14(17-16)10-13-7-5-3-4-6-8-13/h9,13-14,17H,3-8,10-11,16H2,1-2H3. The molecule has 0 aliphatic heterocycles. The van der Waals surface area contributed by atoms with Crippen molar-refractivity contribution in [1.82, 2.24) is 15.2 Å². The average molecular weight is 264 g/mol. The van der Waals surface area contributed by atoms with Crippen LogP contribution in [0.25, 0.3) is 0 Å². The quantitative estimate of drug-likeness (QED) is 0.488. The Morgan fingerprint density at radius 3 is 2.58 bits per heavy atom. The molecule has 1 saturated carbocycles. The summed E-state index contributed by atoms with van der Waals surface area (Å²) >= 11 is 0. The van der Waals surface area contributed by atoms with Gasteiger partial charge in [-0.3, -0.25) is 16.0 Å². The number of aromatic nitrogens is 2. The molecule has 4 heteroatoms. The van der Waals surface area contributed by atoms with Crippen molar-refractivity contribution in [3.8, 4) is 0 Å². The van der Waals surface area contributed by atoms with Crippen LogP contribution in [0.2, 0.25) is 0 Å². The fourth-order valence-corrected chi connectivity index (χ4v) is 3.32. The number of hydrogen-bond donors (Lipinski definition) is 2. The molecule has 0 saturated heterocycles. The fourth-order valence-electron chi connectivity index (χ4n) is 3.32. The van der Waals surface area contributed by atoms with E-state index in [1.54, 1.807) is 0 Å². The topological polar surface area (TPSA) is 55.9 Å². The lowest BCUT2D eigenvalue weighted by Gasteiger charge is -2.22. The van der Waals surface area contributed by atoms with Crippen LogP contribution in [0, 0.1) is 12.8 Å². The van der Waals surface area contributed by atoms with Crippen LogP contribution in [0.3, 0.4) is 0 Å². The number of nitrogens with one attached hydrogen (secondary N) is 1. The second-order valence-electron chi connectivity index (χ2n) is 6.06. The first-order valence-electron chi connectivity index (χ1n) is 7.64. The Labute approximate surface area is 116 Å². The molecule has 0 bridgehead atoms. The van der Waals surface area contributed by atoms with E-state index in [0.29, 0.717) is 6.04 Å². The summed E-state index contributed by atoms with van der Waals surface area (Å²) in [6, 6.07) is 2.54. The fraction of sp³-hybridized carbons (Fsp3) is 0.800. The first-order chi connectivity index (χ1) is 9.19. The molecule has 4 nitrogen and oxygen atoms in total. The smallest absolute Gasteiger partial charge is 0.0596 e. The van der Waals surface area contributed by atoms with E-state index in [1.165, 1.54) is 50.6 Å². The van der Waals surface area contributed by atoms with Gasteiger partial charge in [0.25, 0.3) is 0 Å². The SMILES string of the molecule is Cc1cc(CC(CC2CCCCCC2)NN)n(C)n1. The molecule has 0 amide bonds. The maximum absolute atomic E-state index is 5.75. The molecule has 1 aliphatic carbocycles. The van der Waals surface area contributed by atoms with Gasteiger partial charge in [0, 0.05) is 25.2 Å². The number of rotatable bonds is 5. The summed E-state index contributed by atoms with van der Waals surface area (Å²) in [5, 5.41) is 4.41. The van der Waals surface area contributed by atoms with E-state index < -0.39 is 0 Å². The average Bonchev–Trinajstić information content (AvgIpc) is 2.59. The number of aryl methyl sites for hydroxylation is 2. The van der Waals surface area contributed by atoms with Gasteiger partial charge in [0.15, 0.2) is 0 Å². The van der Waals surface area contributed by atoms with E-state index >= 15 is 0 Å². The minimum Gasteiger partial charge on any atom is -0.272 e. The first-order valence-corrected chi connectivity index (χ1v) is 7.64. The Bertz CT molecular complexity index is 377. The summed E-state index contributed by atoms with van der Waals surface area (Å²) in [6.07, 6.45) is 10.5. The van der Waals surface area contributed by atoms with Gasteiger partial charge in [-0.05, 0) is 25.3 Å². The first kappa shape index (κ1) is 14.5. The molecule has 3 N–H and O–H groups in total. The van der Waals surface area contributed by atoms with Crippen LogP contribution in [0.15, 0.2) is 6.07 Å². The molecule has 0 aromatic carbocycles. The summed E-state index contributed by atoms with van der Waals surface area (Å²) in [5.41, 5.74) is 5.37. The summed E-state index contributed by atoms with van der Waals surface area (Å²) in [5.74, 6) is 6.60. The van der Waals surface area contributed by atoms with Crippen LogP contribution in [-0.4, -0.2) is 15.8 Å². The molecule has 1 fully saturated rings. The molecule has 1 aromatic rings. The third-order valence-electron chi connectivity index (χ3n) is 4.38. The van der Waals surface area contributed by atoms with Crippen LogP contribution in [0.5, 0.6) is 0 Å². The van der Waals surface area contributed by atoms with Gasteiger partial charge >= 0.3 is 0 Å². The van der Waals surface area contributed by atoms with Crippen molar-refractivity contribution in [3.05, 3.63) is 17.5 Å². The summed E-state index contributed by atoms with van der Waals surface area (Å²) in [7, 11) is 2.02. The van der Waals surface area contributed by atoms with Crippen molar-refractivity contribution in [2.45, 2.75) is 64.3 Å². The lowest BCUT2D eigenvalue weighted by Crippen LogP contribution is -2.38. The molecule has 1 aliphatic rings. The minimum absolute atomic E-state index is 0.373. The molecule has 2 rings (SSSR count). The van der Waals surface area contributed by atoms with Gasteiger partial charge < -0.3 is 0 Å². The molecule has 1 heterocycles. The normalized spacial score (nSPS) is 19.3. The number of nitrogens with zero attached hydrogens (tertiary/aromatic N) is 2. The highest BCUT2D eigenvalue weighted by molar-refractivity contribution is 5.10. The Kier molecular flexibility index (Phi) is 5.40. The lowest BCUT2D eigenvalue weighted by molar-refractivity contribution is 0.349. The zero-order valence-corrected chi connectivity index (χ0v) is 12.4. The summed E-state index contributed by atoms with van der Waals surface area (Å²) in [4.78, 5) is 0. The minimum atomic E-state index is 0.373. The van der Waals surface area contributed by atoms with Gasteiger partial charge in [-0.1, -0.05) is 38.5 Å². The summed E-state index contributed by atoms with van der Waals surface area (Å²) < 4.78 is 1.98. The molecule has 108 valence electrons. The van der Waals surface area contributed by atoms with Crippen LogP contribution in [0.4, 0.5) is 0 Å². The number of nitrogens with two attached hydrogens (primary N) is 1. The zero-order valence-electron chi connectivity index (χ0n) is 12.4. The Balaban J connectivity index is 1.90. The van der Waals surface area contributed by atoms with Crippen molar-refractivity contribution < 1.29 is 0 Å². The summed E-state index contributed by atoms with van der Waals surface area (Å²) in [6.45, 7) is 2.04. The van der Waals surface area contributed by atoms with Gasteiger partial charge in [0.05, 0.1) is 5.69 Å². The second kappa shape index (κ2) is 7.06. The van der Waals surface area contributed by atoms with Crippen LogP contribution in [-0.2, 0) is 13.5 Å². The van der Waals surface area contributed by atoms with E-state index in [9.17, 15) is 0 Å². The maximum atomic E-state index is 5.75. The Morgan fingerprint density at radius 1 is 1.37 bits per heavy atom. The largest absolute Gasteiger partial charge is 0.272 e. The van der Waals surface area contributed by atoms with E-state index in [2.05, 4.69) is 16.6 Å². The van der Waals surface area contributed by atoms with Gasteiger partial charge in [0.2, 0.25) is 0 Å². The molecule has 1 atom stereocenters. The van der Waals surface area contributed by atoms with Gasteiger partial charge in [-0.2, -0.15) is 5.10 Å². The van der Waals surface area contributed by atoms with Crippen LogP contribution >= 0.6 is 0 Å². The molecule has 19 heavy (non-hydrogen) atoms. The molecule has 1 unspecified atom stereocenters. The van der Waals surface area contributed by atoms with Crippen molar-refractivity contribution in [2.24, 2.45) is 18.8 Å². The van der Waals surface area contributed by atoms with Gasteiger partial charge in [-0.15, -0.1) is 0 Å². The van der Waals surface area contributed by atoms with Crippen molar-refractivity contribution >= 4 is 0 Å². The van der Waals surface area contributed by atoms with Crippen molar-refractivity contribution in [1.29, 1.82) is 0 Å². The number of hydrogen-bond acceptors (Lipinski definition) is 3. The molecular formula is C15H28N4. The lowest BCUT2D eigenvalue weighted by atomic mass is 9.91. The molecule has 0 radical (unpaired) electrons. The van der Waals surface area contributed by atoms with Gasteiger partial charge in [-0.25, -0.2) is 0 Å². The number of hydrazine groups is 1. The molecular weight excluding hydrogens is 236 g/mol. The predicted molar refractivity (Wildman–Crippen MR) is 78.6 cm³/mol. The highest BCUT2D eigenvalue weighted by atomic mass is 15.3. The zero-order chi connectivity index (χ0) is 13.7. The Morgan fingerprint density at radius 2 is 2.05 bits per heavy atom. The monoisotopic (exact) mass is 264 g/mol. The highest BCUT2D eigenvalue weighted by Gasteiger charge is 2.18. The van der Waals surface area contributed by atoms with Gasteiger partial charge in [0.1, 0.15) is 0 Å². The van der Waals surface area contributed by atoms with Crippen LogP contribution in [0.1, 0.15) is 56.3 Å². The van der Waals surface area contributed by atoms with Crippen LogP contribution < -0.4 is 11.3 Å². The molecule has 1 aromatic heterocycles. The van der Waals surface area contributed by atoms with E-state index in [0.717, 1.165) is 18.0 Å². The van der Waals surface area contributed by atoms with E-state index in [1.807, 2.05) is 18.7 Å². The third-order valence-corrected chi connectivity index (χ3v) is 4.38. The molecule has 0 spiro atoms. The second-order valence-corrected chi connectivity index (χ2v) is 6.06. The van der Waals surface area contributed by atoms with E-state index in [4.69, 9.17) is 5.84 Å². The Hall–Kier alpha value is -0.870. The third kappa shape index (κ3) is 4.32. The van der Waals surface area contributed by atoms with Crippen molar-refractivity contribution in [2.75, 3.05) is 0 Å². The van der Waals surface area contributed by atoms with Crippen molar-refractivity contribution in [3.63, 3.8) is 0 Å². The predicted octanol–water partition coefficient (Wildman–Crippen LogP) is 2.46. The maximum Gasteiger partial charge on any atom is 0.0596 e. The highest BCUT2D eigenvalue weighted by Crippen LogP contribution is 2.27. The van der Waals surface area contributed by atoms with E-state index in [-0.39, 0.29) is 0 Å².